The molecule has 0 radical (unpaired) electrons. The van der Waals surface area contributed by atoms with Crippen molar-refractivity contribution in [3.63, 3.8) is 0 Å². The number of rotatable bonds is 4. The van der Waals surface area contributed by atoms with Crippen LogP contribution < -0.4 is 0 Å². The van der Waals surface area contributed by atoms with Gasteiger partial charge < -0.3 is 9.80 Å². The van der Waals surface area contributed by atoms with Gasteiger partial charge in [-0.3, -0.25) is 9.59 Å². The maximum Gasteiger partial charge on any atom is 0.253 e. The zero-order valence-electron chi connectivity index (χ0n) is 15.9. The number of thioether (sulfide) groups is 1. The summed E-state index contributed by atoms with van der Waals surface area (Å²) in [7, 11) is 0. The predicted octanol–water partition coefficient (Wildman–Crippen LogP) is 4.05. The molecule has 2 aliphatic rings. The number of benzene rings is 1. The molecule has 3 rings (SSSR count). The van der Waals surface area contributed by atoms with Gasteiger partial charge in [0.05, 0.1) is 0 Å². The second-order valence-corrected chi connectivity index (χ2v) is 9.29. The van der Waals surface area contributed by atoms with Crippen LogP contribution in [0.25, 0.3) is 0 Å². The summed E-state index contributed by atoms with van der Waals surface area (Å²) in [5.74, 6) is 0.622. The summed E-state index contributed by atoms with van der Waals surface area (Å²) < 4.78 is 0. The molecule has 1 aliphatic heterocycles. The van der Waals surface area contributed by atoms with Crippen LogP contribution in [0.2, 0.25) is 0 Å². The summed E-state index contributed by atoms with van der Waals surface area (Å²) in [6.07, 6.45) is 5.31. The van der Waals surface area contributed by atoms with Gasteiger partial charge in [0, 0.05) is 47.8 Å². The van der Waals surface area contributed by atoms with Crippen LogP contribution in [0.15, 0.2) is 29.2 Å². The van der Waals surface area contributed by atoms with Crippen molar-refractivity contribution in [2.75, 3.05) is 26.2 Å². The molecule has 0 spiro atoms. The first-order valence-corrected chi connectivity index (χ1v) is 10.8. The van der Waals surface area contributed by atoms with E-state index in [4.69, 9.17) is 0 Å². The lowest BCUT2D eigenvalue weighted by atomic mass is 10.1. The van der Waals surface area contributed by atoms with Crippen LogP contribution in [0.1, 0.15) is 56.3 Å². The first kappa shape index (κ1) is 19.3. The van der Waals surface area contributed by atoms with Crippen molar-refractivity contribution in [1.82, 2.24) is 9.80 Å². The minimum absolute atomic E-state index is 0.0845. The molecule has 26 heavy (non-hydrogen) atoms. The van der Waals surface area contributed by atoms with Gasteiger partial charge in [-0.2, -0.15) is 0 Å². The summed E-state index contributed by atoms with van der Waals surface area (Å²) in [6, 6.07) is 7.93. The maximum absolute atomic E-state index is 12.8. The number of hydrogen-bond donors (Lipinski definition) is 0. The molecule has 1 aromatic carbocycles. The highest BCUT2D eigenvalue weighted by atomic mass is 32.2. The van der Waals surface area contributed by atoms with Gasteiger partial charge in [0.25, 0.3) is 5.91 Å². The lowest BCUT2D eigenvalue weighted by molar-refractivity contribution is -0.135. The van der Waals surface area contributed by atoms with E-state index in [-0.39, 0.29) is 11.8 Å². The predicted molar refractivity (Wildman–Crippen MR) is 106 cm³/mol. The number of carbonyl (C=O) groups is 2. The molecule has 1 heterocycles. The highest BCUT2D eigenvalue weighted by molar-refractivity contribution is 7.99. The Kier molecular flexibility index (Phi) is 6.63. The summed E-state index contributed by atoms with van der Waals surface area (Å²) in [6.45, 7) is 7.15. The number of amides is 2. The molecule has 0 aromatic heterocycles. The summed E-state index contributed by atoms with van der Waals surface area (Å²) in [4.78, 5) is 30.6. The quantitative estimate of drug-likeness (QED) is 0.747. The first-order valence-electron chi connectivity index (χ1n) is 9.89. The molecule has 1 saturated heterocycles. The van der Waals surface area contributed by atoms with Crippen LogP contribution in [0.4, 0.5) is 0 Å². The van der Waals surface area contributed by atoms with E-state index < -0.39 is 0 Å². The second-order valence-electron chi connectivity index (χ2n) is 7.64. The largest absolute Gasteiger partial charge is 0.341 e. The lowest BCUT2D eigenvalue weighted by Gasteiger charge is -2.24. The highest BCUT2D eigenvalue weighted by Gasteiger charge is 2.29. The van der Waals surface area contributed by atoms with Crippen LogP contribution in [0.3, 0.4) is 0 Å². The summed E-state index contributed by atoms with van der Waals surface area (Å²) >= 11 is 1.80. The van der Waals surface area contributed by atoms with Crippen LogP contribution in [0, 0.1) is 5.92 Å². The second kappa shape index (κ2) is 8.94. The van der Waals surface area contributed by atoms with Gasteiger partial charge in [-0.25, -0.2) is 0 Å². The van der Waals surface area contributed by atoms with E-state index in [0.717, 1.165) is 37.9 Å². The molecule has 1 aliphatic carbocycles. The fourth-order valence-corrected chi connectivity index (χ4v) is 4.74. The SMILES string of the molecule is CC(C)Sc1ccc(C(=O)N2CCCN(C(=O)C3CCCC3)CC2)cc1. The molecular weight excluding hydrogens is 344 g/mol. The fraction of sp³-hybridized carbons (Fsp3) is 0.619. The molecule has 0 N–H and O–H groups in total. The molecule has 0 unspecified atom stereocenters. The normalized spacial score (nSPS) is 19.0. The molecule has 4 nitrogen and oxygen atoms in total. The van der Waals surface area contributed by atoms with Crippen molar-refractivity contribution < 1.29 is 9.59 Å². The maximum atomic E-state index is 12.8. The Morgan fingerprint density at radius 1 is 0.923 bits per heavy atom. The summed E-state index contributed by atoms with van der Waals surface area (Å²) in [5, 5.41) is 0.533. The van der Waals surface area contributed by atoms with Crippen molar-refractivity contribution in [2.45, 2.75) is 56.1 Å². The Labute approximate surface area is 161 Å². The number of carbonyl (C=O) groups excluding carboxylic acids is 2. The zero-order chi connectivity index (χ0) is 18.5. The standard InChI is InChI=1S/C21H30N2O2S/c1-16(2)26-19-10-8-18(9-11-19)21(25)23-13-5-12-22(14-15-23)20(24)17-6-3-4-7-17/h8-11,16-17H,3-7,12-15H2,1-2H3. The number of hydrogen-bond acceptors (Lipinski definition) is 3. The lowest BCUT2D eigenvalue weighted by Crippen LogP contribution is -2.39. The van der Waals surface area contributed by atoms with Gasteiger partial charge in [-0.05, 0) is 43.5 Å². The third-order valence-electron chi connectivity index (χ3n) is 5.27. The molecule has 1 saturated carbocycles. The third kappa shape index (κ3) is 4.81. The molecule has 5 heteroatoms. The topological polar surface area (TPSA) is 40.6 Å². The van der Waals surface area contributed by atoms with Gasteiger partial charge in [0.2, 0.25) is 5.91 Å². The molecule has 1 aromatic rings. The molecule has 2 fully saturated rings. The average molecular weight is 375 g/mol. The molecule has 0 atom stereocenters. The van der Waals surface area contributed by atoms with E-state index in [2.05, 4.69) is 13.8 Å². The third-order valence-corrected chi connectivity index (χ3v) is 6.29. The Morgan fingerprint density at radius 3 is 2.19 bits per heavy atom. The van der Waals surface area contributed by atoms with Gasteiger partial charge in [-0.15, -0.1) is 11.8 Å². The van der Waals surface area contributed by atoms with Gasteiger partial charge in [-0.1, -0.05) is 26.7 Å². The van der Waals surface area contributed by atoms with Crippen molar-refractivity contribution >= 4 is 23.6 Å². The Hall–Kier alpha value is -1.49. The van der Waals surface area contributed by atoms with Crippen molar-refractivity contribution in [3.05, 3.63) is 29.8 Å². The highest BCUT2D eigenvalue weighted by Crippen LogP contribution is 2.27. The fourth-order valence-electron chi connectivity index (χ4n) is 3.90. The van der Waals surface area contributed by atoms with Crippen LogP contribution in [-0.4, -0.2) is 53.0 Å². The Balaban J connectivity index is 1.57. The average Bonchev–Trinajstić information content (AvgIpc) is 3.05. The van der Waals surface area contributed by atoms with Crippen LogP contribution in [0.5, 0.6) is 0 Å². The van der Waals surface area contributed by atoms with E-state index in [1.807, 2.05) is 34.1 Å². The Bertz CT molecular complexity index is 623. The summed E-state index contributed by atoms with van der Waals surface area (Å²) in [5.41, 5.74) is 0.744. The van der Waals surface area contributed by atoms with Gasteiger partial charge >= 0.3 is 0 Å². The molecule has 142 valence electrons. The van der Waals surface area contributed by atoms with E-state index in [1.54, 1.807) is 11.8 Å². The molecule has 2 amide bonds. The van der Waals surface area contributed by atoms with Gasteiger partial charge in [0.15, 0.2) is 0 Å². The minimum Gasteiger partial charge on any atom is -0.341 e. The van der Waals surface area contributed by atoms with Crippen molar-refractivity contribution in [2.24, 2.45) is 5.92 Å². The van der Waals surface area contributed by atoms with Crippen molar-refractivity contribution in [1.29, 1.82) is 0 Å². The van der Waals surface area contributed by atoms with Crippen molar-refractivity contribution in [3.8, 4) is 0 Å². The number of nitrogens with zero attached hydrogens (tertiary/aromatic N) is 2. The van der Waals surface area contributed by atoms with Crippen LogP contribution >= 0.6 is 11.8 Å². The van der Waals surface area contributed by atoms with E-state index in [9.17, 15) is 9.59 Å². The van der Waals surface area contributed by atoms with Gasteiger partial charge in [0.1, 0.15) is 0 Å². The smallest absolute Gasteiger partial charge is 0.253 e. The monoisotopic (exact) mass is 374 g/mol. The van der Waals surface area contributed by atoms with E-state index in [0.29, 0.717) is 24.2 Å². The van der Waals surface area contributed by atoms with E-state index >= 15 is 0 Å². The molecule has 0 bridgehead atoms. The zero-order valence-corrected chi connectivity index (χ0v) is 16.8. The first-order chi connectivity index (χ1) is 12.5. The minimum atomic E-state index is 0.0845. The molecular formula is C21H30N2O2S. The van der Waals surface area contributed by atoms with Crippen LogP contribution in [-0.2, 0) is 4.79 Å². The van der Waals surface area contributed by atoms with E-state index in [1.165, 1.54) is 17.7 Å². The Morgan fingerprint density at radius 2 is 1.54 bits per heavy atom.